The summed E-state index contributed by atoms with van der Waals surface area (Å²) in [5, 5.41) is 19.1. The van der Waals surface area contributed by atoms with Gasteiger partial charge in [-0.2, -0.15) is 0 Å². The topological polar surface area (TPSA) is 91.9 Å². The van der Waals surface area contributed by atoms with E-state index in [0.717, 1.165) is 0 Å². The number of carbonyl (C=O) groups is 2. The fraction of sp³-hybridized carbons (Fsp3) is 0. The number of fused-ring (bicyclic) bond motifs is 1. The summed E-state index contributed by atoms with van der Waals surface area (Å²) in [7, 11) is 0. The van der Waals surface area contributed by atoms with E-state index in [4.69, 9.17) is 11.6 Å². The molecule has 0 bridgehead atoms. The lowest BCUT2D eigenvalue weighted by molar-refractivity contribution is 0.0691. The van der Waals surface area contributed by atoms with Crippen LogP contribution in [0.4, 0.5) is 0 Å². The molecule has 0 spiro atoms. The summed E-state index contributed by atoms with van der Waals surface area (Å²) < 4.78 is 1.45. The summed E-state index contributed by atoms with van der Waals surface area (Å²) in [5.74, 6) is -2.16. The highest BCUT2D eigenvalue weighted by atomic mass is 35.5. The van der Waals surface area contributed by atoms with Gasteiger partial charge in [-0.25, -0.2) is 14.6 Å². The summed E-state index contributed by atoms with van der Waals surface area (Å²) in [5.41, 5.74) is 0.262. The molecule has 0 saturated carbocycles. The second-order valence-corrected chi connectivity index (χ2v) is 4.98. The van der Waals surface area contributed by atoms with Crippen molar-refractivity contribution in [3.8, 4) is 11.4 Å². The molecule has 0 radical (unpaired) electrons. The van der Waals surface area contributed by atoms with E-state index in [1.165, 1.54) is 16.5 Å². The molecule has 2 N–H and O–H groups in total. The Hall–Kier alpha value is -2.86. The normalized spacial score (nSPS) is 10.8. The zero-order valence-corrected chi connectivity index (χ0v) is 11.8. The summed E-state index contributed by atoms with van der Waals surface area (Å²) >= 11 is 5.84. The van der Waals surface area contributed by atoms with Crippen molar-refractivity contribution in [2.75, 3.05) is 0 Å². The van der Waals surface area contributed by atoms with Gasteiger partial charge in [-0.3, -0.25) is 4.40 Å². The number of hydrogen-bond acceptors (Lipinski definition) is 3. The van der Waals surface area contributed by atoms with Gasteiger partial charge in [0.2, 0.25) is 0 Å². The third-order valence-corrected chi connectivity index (χ3v) is 3.45. The van der Waals surface area contributed by atoms with Crippen LogP contribution in [-0.4, -0.2) is 31.5 Å². The van der Waals surface area contributed by atoms with E-state index in [1.807, 2.05) is 0 Å². The van der Waals surface area contributed by atoms with Crippen LogP contribution in [0.1, 0.15) is 20.8 Å². The van der Waals surface area contributed by atoms with Crippen LogP contribution in [0.25, 0.3) is 16.9 Å². The second-order valence-electron chi connectivity index (χ2n) is 4.54. The lowest BCUT2D eigenvalue weighted by Crippen LogP contribution is -2.04. The Bertz CT molecular complexity index is 900. The number of nitrogens with zero attached hydrogens (tertiary/aromatic N) is 2. The molecule has 3 rings (SSSR count). The molecule has 1 aromatic carbocycles. The highest BCUT2D eigenvalue weighted by molar-refractivity contribution is 6.30. The molecule has 0 aliphatic carbocycles. The van der Waals surface area contributed by atoms with Crippen LogP contribution in [0, 0.1) is 0 Å². The van der Waals surface area contributed by atoms with Gasteiger partial charge in [0.15, 0.2) is 5.69 Å². The Morgan fingerprint density at radius 2 is 1.73 bits per heavy atom. The van der Waals surface area contributed by atoms with Gasteiger partial charge in [-0.15, -0.1) is 0 Å². The van der Waals surface area contributed by atoms with Crippen LogP contribution in [0.15, 0.2) is 42.6 Å². The number of carboxylic acids is 2. The first-order chi connectivity index (χ1) is 10.5. The number of aromatic nitrogens is 2. The minimum absolute atomic E-state index is 0.0486. The molecular weight excluding hydrogens is 308 g/mol. The van der Waals surface area contributed by atoms with Crippen molar-refractivity contribution in [2.45, 2.75) is 0 Å². The highest BCUT2D eigenvalue weighted by Gasteiger charge is 2.22. The van der Waals surface area contributed by atoms with E-state index in [9.17, 15) is 19.8 Å². The fourth-order valence-corrected chi connectivity index (χ4v) is 2.39. The first-order valence-corrected chi connectivity index (χ1v) is 6.60. The quantitative estimate of drug-likeness (QED) is 0.774. The molecule has 0 fully saturated rings. The Morgan fingerprint density at radius 1 is 1.05 bits per heavy atom. The molecular formula is C15H9ClN2O4. The number of pyridine rings is 1. The smallest absolute Gasteiger partial charge is 0.356 e. The van der Waals surface area contributed by atoms with Crippen molar-refractivity contribution < 1.29 is 19.8 Å². The summed E-state index contributed by atoms with van der Waals surface area (Å²) in [6.07, 6.45) is 1.57. The summed E-state index contributed by atoms with van der Waals surface area (Å²) in [6, 6.07) is 9.56. The molecule has 2 heterocycles. The second kappa shape index (κ2) is 5.16. The van der Waals surface area contributed by atoms with E-state index < -0.39 is 11.9 Å². The standard InChI is InChI=1S/C15H9ClN2O4/c16-9-5-3-8(4-6-9)13-17-11(15(21)22)12-10(14(19)20)2-1-7-18(12)13/h1-7H,(H,19,20)(H,21,22). The van der Waals surface area contributed by atoms with Crippen LogP contribution in [-0.2, 0) is 0 Å². The lowest BCUT2D eigenvalue weighted by atomic mass is 10.2. The molecule has 6 nitrogen and oxygen atoms in total. The maximum absolute atomic E-state index is 11.4. The Kier molecular flexibility index (Phi) is 3.30. The molecule has 0 amide bonds. The van der Waals surface area contributed by atoms with E-state index in [0.29, 0.717) is 16.4 Å². The van der Waals surface area contributed by atoms with Crippen LogP contribution in [0.3, 0.4) is 0 Å². The molecule has 22 heavy (non-hydrogen) atoms. The number of halogens is 1. The average Bonchev–Trinajstić information content (AvgIpc) is 2.87. The van der Waals surface area contributed by atoms with Gasteiger partial charge in [0, 0.05) is 16.8 Å². The van der Waals surface area contributed by atoms with E-state index in [1.54, 1.807) is 30.5 Å². The average molecular weight is 317 g/mol. The Balaban J connectivity index is 2.38. The minimum atomic E-state index is -1.29. The van der Waals surface area contributed by atoms with E-state index >= 15 is 0 Å². The van der Waals surface area contributed by atoms with E-state index in [-0.39, 0.29) is 16.8 Å². The predicted octanol–water partition coefficient (Wildman–Crippen LogP) is 3.05. The van der Waals surface area contributed by atoms with Gasteiger partial charge in [0.25, 0.3) is 0 Å². The van der Waals surface area contributed by atoms with Crippen LogP contribution in [0.5, 0.6) is 0 Å². The third kappa shape index (κ3) is 2.19. The molecule has 0 saturated heterocycles. The van der Waals surface area contributed by atoms with Crippen LogP contribution in [0.2, 0.25) is 5.02 Å². The molecule has 0 unspecified atom stereocenters. The van der Waals surface area contributed by atoms with Crippen molar-refractivity contribution in [3.63, 3.8) is 0 Å². The molecule has 3 aromatic rings. The maximum atomic E-state index is 11.4. The number of benzene rings is 1. The van der Waals surface area contributed by atoms with Gasteiger partial charge >= 0.3 is 11.9 Å². The molecule has 7 heteroatoms. The summed E-state index contributed by atoms with van der Waals surface area (Å²) in [4.78, 5) is 26.8. The number of hydrogen-bond donors (Lipinski definition) is 2. The van der Waals surface area contributed by atoms with Gasteiger partial charge in [0.05, 0.1) is 11.1 Å². The zero-order chi connectivity index (χ0) is 15.9. The van der Waals surface area contributed by atoms with Crippen molar-refractivity contribution in [3.05, 3.63) is 58.9 Å². The first kappa shape index (κ1) is 14.1. The predicted molar refractivity (Wildman–Crippen MR) is 79.6 cm³/mol. The van der Waals surface area contributed by atoms with Gasteiger partial charge < -0.3 is 10.2 Å². The molecule has 0 atom stereocenters. The molecule has 0 aliphatic rings. The Labute approximate surface area is 129 Å². The number of aromatic carboxylic acids is 2. The van der Waals surface area contributed by atoms with Crippen molar-refractivity contribution >= 4 is 29.1 Å². The number of imidazole rings is 1. The highest BCUT2D eigenvalue weighted by Crippen LogP contribution is 2.26. The van der Waals surface area contributed by atoms with Gasteiger partial charge in [-0.05, 0) is 36.4 Å². The number of rotatable bonds is 3. The van der Waals surface area contributed by atoms with Crippen molar-refractivity contribution in [2.24, 2.45) is 0 Å². The zero-order valence-electron chi connectivity index (χ0n) is 11.0. The Morgan fingerprint density at radius 3 is 2.32 bits per heavy atom. The van der Waals surface area contributed by atoms with Crippen LogP contribution >= 0.6 is 11.6 Å². The fourth-order valence-electron chi connectivity index (χ4n) is 2.26. The minimum Gasteiger partial charge on any atom is -0.478 e. The molecule has 0 aliphatic heterocycles. The van der Waals surface area contributed by atoms with Gasteiger partial charge in [-0.1, -0.05) is 11.6 Å². The van der Waals surface area contributed by atoms with Crippen molar-refractivity contribution in [1.82, 2.24) is 9.38 Å². The summed E-state index contributed by atoms with van der Waals surface area (Å²) in [6.45, 7) is 0. The van der Waals surface area contributed by atoms with E-state index in [2.05, 4.69) is 4.98 Å². The maximum Gasteiger partial charge on any atom is 0.356 e. The largest absolute Gasteiger partial charge is 0.478 e. The monoisotopic (exact) mass is 316 g/mol. The van der Waals surface area contributed by atoms with Crippen LogP contribution < -0.4 is 0 Å². The molecule has 110 valence electrons. The SMILES string of the molecule is O=C(O)c1cccn2c(-c3ccc(Cl)cc3)nc(C(=O)O)c12. The van der Waals surface area contributed by atoms with Gasteiger partial charge in [0.1, 0.15) is 5.82 Å². The molecule has 2 aromatic heterocycles. The van der Waals surface area contributed by atoms with Crippen molar-refractivity contribution in [1.29, 1.82) is 0 Å². The lowest BCUT2D eigenvalue weighted by Gasteiger charge is -2.03. The first-order valence-electron chi connectivity index (χ1n) is 6.22. The number of carboxylic acid groups (broad SMARTS) is 2. The third-order valence-electron chi connectivity index (χ3n) is 3.20.